The summed E-state index contributed by atoms with van der Waals surface area (Å²) in [5.41, 5.74) is 2.29. The fraction of sp³-hybridized carbons (Fsp3) is 0.538. The summed E-state index contributed by atoms with van der Waals surface area (Å²) in [6.07, 6.45) is 7.13. The van der Waals surface area contributed by atoms with E-state index in [2.05, 4.69) is 33.8 Å². The summed E-state index contributed by atoms with van der Waals surface area (Å²) < 4.78 is 6.09. The van der Waals surface area contributed by atoms with Crippen LogP contribution in [0.3, 0.4) is 0 Å². The van der Waals surface area contributed by atoms with E-state index in [1.54, 1.807) is 0 Å². The maximum Gasteiger partial charge on any atom is 0.226 e. The lowest BCUT2D eigenvalue weighted by atomic mass is 9.93. The molecule has 2 fully saturated rings. The summed E-state index contributed by atoms with van der Waals surface area (Å²) in [6, 6.07) is 14.2. The average Bonchev–Trinajstić information content (AvgIpc) is 2.83. The Morgan fingerprint density at radius 1 is 1.06 bits per heavy atom. The van der Waals surface area contributed by atoms with E-state index < -0.39 is 0 Å². The van der Waals surface area contributed by atoms with Gasteiger partial charge in [-0.1, -0.05) is 24.3 Å². The van der Waals surface area contributed by atoms with E-state index in [-0.39, 0.29) is 5.92 Å². The Labute approximate surface area is 186 Å². The third-order valence-electron chi connectivity index (χ3n) is 6.66. The Bertz CT molecular complexity index is 842. The van der Waals surface area contributed by atoms with Gasteiger partial charge in [0.1, 0.15) is 5.75 Å². The van der Waals surface area contributed by atoms with Crippen LogP contribution in [0.1, 0.15) is 36.9 Å². The number of amides is 1. The summed E-state index contributed by atoms with van der Waals surface area (Å²) in [4.78, 5) is 22.3. The maximum absolute atomic E-state index is 13.3. The van der Waals surface area contributed by atoms with Gasteiger partial charge in [-0.2, -0.15) is 0 Å². The number of nitrogens with zero attached hydrogens (tertiary/aromatic N) is 3. The van der Waals surface area contributed by atoms with E-state index in [0.717, 1.165) is 76.3 Å². The highest BCUT2D eigenvalue weighted by Gasteiger charge is 2.32. The zero-order valence-corrected chi connectivity index (χ0v) is 18.7. The number of benzene rings is 1. The van der Waals surface area contributed by atoms with E-state index >= 15 is 0 Å². The minimum Gasteiger partial charge on any atom is -0.493 e. The zero-order chi connectivity index (χ0) is 21.5. The summed E-state index contributed by atoms with van der Waals surface area (Å²) in [6.45, 7) is 7.44. The first-order valence-electron chi connectivity index (χ1n) is 11.8. The molecule has 1 amide bonds. The van der Waals surface area contributed by atoms with E-state index in [0.29, 0.717) is 18.4 Å². The lowest BCUT2D eigenvalue weighted by Gasteiger charge is -2.38. The molecule has 0 N–H and O–H groups in total. The number of aryl methyl sites for hydroxylation is 1. The molecule has 0 aliphatic carbocycles. The Morgan fingerprint density at radius 3 is 2.74 bits per heavy atom. The van der Waals surface area contributed by atoms with Crippen molar-refractivity contribution in [3.63, 3.8) is 0 Å². The molecule has 2 aliphatic rings. The Morgan fingerprint density at radius 2 is 1.90 bits per heavy atom. The van der Waals surface area contributed by atoms with Crippen LogP contribution in [-0.2, 0) is 11.2 Å². The first-order chi connectivity index (χ1) is 15.2. The number of ether oxygens (including phenoxy) is 1. The van der Waals surface area contributed by atoms with E-state index in [1.807, 2.05) is 36.5 Å². The molecule has 31 heavy (non-hydrogen) atoms. The van der Waals surface area contributed by atoms with E-state index in [1.165, 1.54) is 5.56 Å². The normalized spacial score (nSPS) is 22.3. The summed E-state index contributed by atoms with van der Waals surface area (Å²) >= 11 is 0. The molecule has 166 valence electrons. The molecule has 5 heteroatoms. The largest absolute Gasteiger partial charge is 0.493 e. The molecule has 2 saturated heterocycles. The lowest BCUT2D eigenvalue weighted by Crippen LogP contribution is -2.48. The van der Waals surface area contributed by atoms with Crippen molar-refractivity contribution < 1.29 is 9.53 Å². The van der Waals surface area contributed by atoms with Gasteiger partial charge >= 0.3 is 0 Å². The van der Waals surface area contributed by atoms with Crippen molar-refractivity contribution in [2.75, 3.05) is 39.3 Å². The Kier molecular flexibility index (Phi) is 7.57. The summed E-state index contributed by atoms with van der Waals surface area (Å²) in [7, 11) is 0. The molecule has 0 saturated carbocycles. The molecule has 2 atom stereocenters. The Balaban J connectivity index is 1.26. The molecule has 1 aromatic carbocycles. The lowest BCUT2D eigenvalue weighted by molar-refractivity contribution is -0.139. The fourth-order valence-corrected chi connectivity index (χ4v) is 4.86. The smallest absolute Gasteiger partial charge is 0.226 e. The van der Waals surface area contributed by atoms with E-state index in [9.17, 15) is 4.79 Å². The number of hydrogen-bond acceptors (Lipinski definition) is 4. The third kappa shape index (κ3) is 6.07. The first kappa shape index (κ1) is 21.8. The number of likely N-dealkylation sites (tertiary alicyclic amines) is 2. The highest BCUT2D eigenvalue weighted by molar-refractivity contribution is 5.79. The average molecular weight is 422 g/mol. The second-order valence-corrected chi connectivity index (χ2v) is 9.08. The second kappa shape index (κ2) is 10.8. The number of hydrogen-bond donors (Lipinski definition) is 0. The van der Waals surface area contributed by atoms with E-state index in [4.69, 9.17) is 4.74 Å². The topological polar surface area (TPSA) is 45.7 Å². The van der Waals surface area contributed by atoms with Gasteiger partial charge in [-0.05, 0) is 62.9 Å². The molecule has 2 aliphatic heterocycles. The van der Waals surface area contributed by atoms with Gasteiger partial charge in [0.05, 0.1) is 12.5 Å². The molecule has 0 bridgehead atoms. The van der Waals surface area contributed by atoms with Crippen molar-refractivity contribution in [2.24, 2.45) is 11.8 Å². The molecule has 0 radical (unpaired) electrons. The quantitative estimate of drug-likeness (QED) is 0.679. The van der Waals surface area contributed by atoms with Crippen LogP contribution in [0, 0.1) is 18.8 Å². The van der Waals surface area contributed by atoms with Gasteiger partial charge in [0.2, 0.25) is 5.91 Å². The van der Waals surface area contributed by atoms with Crippen molar-refractivity contribution in [2.45, 2.75) is 39.0 Å². The molecule has 3 heterocycles. The first-order valence-corrected chi connectivity index (χ1v) is 11.8. The fourth-order valence-electron chi connectivity index (χ4n) is 4.86. The van der Waals surface area contributed by atoms with Crippen molar-refractivity contribution in [3.05, 3.63) is 59.9 Å². The van der Waals surface area contributed by atoms with Gasteiger partial charge in [-0.15, -0.1) is 0 Å². The summed E-state index contributed by atoms with van der Waals surface area (Å²) in [5, 5.41) is 0. The van der Waals surface area contributed by atoms with Crippen molar-refractivity contribution in [1.29, 1.82) is 0 Å². The molecule has 5 nitrogen and oxygen atoms in total. The highest BCUT2D eigenvalue weighted by atomic mass is 16.5. The number of rotatable bonds is 7. The third-order valence-corrected chi connectivity index (χ3v) is 6.66. The van der Waals surface area contributed by atoms with Crippen LogP contribution in [0.4, 0.5) is 0 Å². The van der Waals surface area contributed by atoms with Crippen molar-refractivity contribution in [3.8, 4) is 5.75 Å². The zero-order valence-electron chi connectivity index (χ0n) is 18.7. The monoisotopic (exact) mass is 421 g/mol. The molecule has 1 aromatic heterocycles. The van der Waals surface area contributed by atoms with Crippen LogP contribution in [0.25, 0.3) is 0 Å². The van der Waals surface area contributed by atoms with Gasteiger partial charge in [0.15, 0.2) is 0 Å². The van der Waals surface area contributed by atoms with Gasteiger partial charge in [0.25, 0.3) is 0 Å². The molecule has 0 unspecified atom stereocenters. The molecule has 0 spiro atoms. The van der Waals surface area contributed by atoms with Crippen LogP contribution >= 0.6 is 0 Å². The Hall–Kier alpha value is -2.40. The standard InChI is InChI=1S/C26H35N3O2/c1-21-8-2-3-12-25(21)31-20-22-9-6-16-29(18-22)26(30)23-10-7-15-28(19-23)17-13-24-11-4-5-14-27-24/h2-5,8,11-12,14,22-23H,6-7,9-10,13,15-20H2,1H3/t22-,23-/m1/s1. The van der Waals surface area contributed by atoms with Gasteiger partial charge in [-0.3, -0.25) is 9.78 Å². The number of carbonyl (C=O) groups is 1. The minimum atomic E-state index is 0.133. The molecule has 4 rings (SSSR count). The predicted octanol–water partition coefficient (Wildman–Crippen LogP) is 3.96. The van der Waals surface area contributed by atoms with Crippen molar-refractivity contribution in [1.82, 2.24) is 14.8 Å². The number of pyridine rings is 1. The number of carbonyl (C=O) groups excluding carboxylic acids is 1. The van der Waals surface area contributed by atoms with Crippen LogP contribution in [-0.4, -0.2) is 60.0 Å². The van der Waals surface area contributed by atoms with Crippen LogP contribution < -0.4 is 4.74 Å². The van der Waals surface area contributed by atoms with Gasteiger partial charge in [0, 0.05) is 50.4 Å². The summed E-state index contributed by atoms with van der Waals surface area (Å²) in [5.74, 6) is 1.86. The van der Waals surface area contributed by atoms with Crippen LogP contribution in [0.2, 0.25) is 0 Å². The minimum absolute atomic E-state index is 0.133. The van der Waals surface area contributed by atoms with Crippen LogP contribution in [0.15, 0.2) is 48.7 Å². The molecular weight excluding hydrogens is 386 g/mol. The number of aromatic nitrogens is 1. The van der Waals surface area contributed by atoms with Gasteiger partial charge < -0.3 is 14.5 Å². The maximum atomic E-state index is 13.3. The highest BCUT2D eigenvalue weighted by Crippen LogP contribution is 2.25. The predicted molar refractivity (Wildman–Crippen MR) is 123 cm³/mol. The van der Waals surface area contributed by atoms with Crippen LogP contribution in [0.5, 0.6) is 5.75 Å². The molecule has 2 aromatic rings. The number of piperidine rings is 2. The van der Waals surface area contributed by atoms with Crippen molar-refractivity contribution >= 4 is 5.91 Å². The number of para-hydroxylation sites is 1. The molecular formula is C26H35N3O2. The van der Waals surface area contributed by atoms with Gasteiger partial charge in [-0.25, -0.2) is 0 Å². The SMILES string of the molecule is Cc1ccccc1OC[C@@H]1CCCN(C(=O)[C@@H]2CCCN(CCc3ccccn3)C2)C1. The second-order valence-electron chi connectivity index (χ2n) is 9.08.